The Balaban J connectivity index is 2.11. The first-order valence-corrected chi connectivity index (χ1v) is 8.16. The van der Waals surface area contributed by atoms with Crippen LogP contribution in [0.1, 0.15) is 44.7 Å². The van der Waals surface area contributed by atoms with E-state index in [1.54, 1.807) is 0 Å². The molecular weight excluding hydrogens is 288 g/mol. The molecule has 6 nitrogen and oxygen atoms in total. The summed E-state index contributed by atoms with van der Waals surface area (Å²) in [5.74, 6) is -0.450. The van der Waals surface area contributed by atoms with Crippen molar-refractivity contribution in [3.8, 4) is 0 Å². The van der Waals surface area contributed by atoms with E-state index in [1.807, 2.05) is 6.92 Å². The number of rotatable bonds is 5. The van der Waals surface area contributed by atoms with E-state index >= 15 is 0 Å². The smallest absolute Gasteiger partial charge is 0.251 e. The molecule has 1 aromatic rings. The van der Waals surface area contributed by atoms with Crippen molar-refractivity contribution in [2.45, 2.75) is 61.4 Å². The van der Waals surface area contributed by atoms with Crippen molar-refractivity contribution in [3.63, 3.8) is 0 Å². The zero-order valence-electron chi connectivity index (χ0n) is 12.2. The van der Waals surface area contributed by atoms with Crippen molar-refractivity contribution in [2.75, 3.05) is 0 Å². The number of amides is 1. The van der Waals surface area contributed by atoms with Crippen molar-refractivity contribution in [2.24, 2.45) is 11.5 Å². The molecule has 0 aliphatic heterocycles. The lowest BCUT2D eigenvalue weighted by molar-refractivity contribution is -0.124. The number of carbonyl (C=O) groups excluding carboxylic acids is 1. The Labute approximate surface area is 128 Å². The Hall–Kier alpha value is -1.34. The summed E-state index contributed by atoms with van der Waals surface area (Å²) < 4.78 is 0. The van der Waals surface area contributed by atoms with Crippen LogP contribution in [0.15, 0.2) is 16.0 Å². The van der Waals surface area contributed by atoms with Crippen LogP contribution < -0.4 is 17.0 Å². The van der Waals surface area contributed by atoms with Crippen LogP contribution in [0.25, 0.3) is 0 Å². The Morgan fingerprint density at radius 2 is 2.38 bits per heavy atom. The van der Waals surface area contributed by atoms with Crippen molar-refractivity contribution in [1.82, 2.24) is 9.97 Å². The summed E-state index contributed by atoms with van der Waals surface area (Å²) in [6.45, 7) is 2.05. The number of hydrogen-bond acceptors (Lipinski definition) is 5. The lowest BCUT2D eigenvalue weighted by Crippen LogP contribution is -2.55. The van der Waals surface area contributed by atoms with Gasteiger partial charge in [-0.15, -0.1) is 0 Å². The normalized spacial score (nSPS) is 25.7. The minimum absolute atomic E-state index is 0.138. The number of nitrogens with two attached hydrogens (primary N) is 2. The van der Waals surface area contributed by atoms with E-state index < -0.39 is 11.4 Å². The van der Waals surface area contributed by atoms with Gasteiger partial charge in [-0.25, -0.2) is 4.98 Å². The van der Waals surface area contributed by atoms with Crippen LogP contribution in [-0.2, 0) is 11.2 Å². The van der Waals surface area contributed by atoms with E-state index in [2.05, 4.69) is 9.97 Å². The number of carbonyl (C=O) groups is 1. The second kappa shape index (κ2) is 6.62. The molecule has 2 rings (SSSR count). The fourth-order valence-electron chi connectivity index (χ4n) is 2.66. The van der Waals surface area contributed by atoms with Crippen molar-refractivity contribution >= 4 is 17.7 Å². The van der Waals surface area contributed by atoms with E-state index in [-0.39, 0.29) is 10.8 Å². The van der Waals surface area contributed by atoms with E-state index in [4.69, 9.17) is 11.5 Å². The number of thioether (sulfide) groups is 1. The predicted molar refractivity (Wildman–Crippen MR) is 83.1 cm³/mol. The molecule has 2 unspecified atom stereocenters. The maximum Gasteiger partial charge on any atom is 0.251 e. The molecule has 0 spiro atoms. The number of hydrogen-bond donors (Lipinski definition) is 3. The van der Waals surface area contributed by atoms with Gasteiger partial charge in [-0.2, -0.15) is 0 Å². The number of aryl methyl sites for hydroxylation is 1. The van der Waals surface area contributed by atoms with Crippen LogP contribution in [-0.4, -0.2) is 26.7 Å². The number of primary amides is 1. The van der Waals surface area contributed by atoms with Gasteiger partial charge in [-0.1, -0.05) is 25.1 Å². The molecule has 0 bridgehead atoms. The second-order valence-corrected chi connectivity index (χ2v) is 6.94. The van der Waals surface area contributed by atoms with Gasteiger partial charge in [0.15, 0.2) is 5.16 Å². The van der Waals surface area contributed by atoms with E-state index in [1.165, 1.54) is 17.8 Å². The summed E-state index contributed by atoms with van der Waals surface area (Å²) in [7, 11) is 0. The molecule has 0 saturated heterocycles. The highest BCUT2D eigenvalue weighted by Crippen LogP contribution is 2.35. The number of aromatic nitrogens is 2. The van der Waals surface area contributed by atoms with Crippen molar-refractivity contribution in [3.05, 3.63) is 22.1 Å². The quantitative estimate of drug-likeness (QED) is 0.700. The third kappa shape index (κ3) is 4.07. The molecule has 1 amide bonds. The highest BCUT2D eigenvalue weighted by atomic mass is 32.2. The summed E-state index contributed by atoms with van der Waals surface area (Å²) in [5, 5.41) is 0.751. The Morgan fingerprint density at radius 1 is 1.62 bits per heavy atom. The topological polar surface area (TPSA) is 115 Å². The SMILES string of the molecule is CCCc1cc(=O)[nH]c(SC2CCCC(N)(C(N)=O)C2)n1. The Kier molecular flexibility index (Phi) is 5.05. The van der Waals surface area contributed by atoms with Gasteiger partial charge in [0.2, 0.25) is 5.91 Å². The van der Waals surface area contributed by atoms with Gasteiger partial charge >= 0.3 is 0 Å². The molecule has 1 fully saturated rings. The zero-order valence-corrected chi connectivity index (χ0v) is 13.0. The van der Waals surface area contributed by atoms with Crippen LogP contribution in [0.4, 0.5) is 0 Å². The summed E-state index contributed by atoms with van der Waals surface area (Å²) in [6, 6.07) is 1.53. The van der Waals surface area contributed by atoms with Crippen molar-refractivity contribution in [1.29, 1.82) is 0 Å². The lowest BCUT2D eigenvalue weighted by atomic mass is 9.82. The molecular formula is C14H22N4O2S. The number of nitrogens with one attached hydrogen (secondary N) is 1. The first-order chi connectivity index (χ1) is 9.93. The minimum Gasteiger partial charge on any atom is -0.368 e. The Morgan fingerprint density at radius 3 is 3.05 bits per heavy atom. The molecule has 1 aliphatic carbocycles. The van der Waals surface area contributed by atoms with Gasteiger partial charge in [-0.3, -0.25) is 9.59 Å². The van der Waals surface area contributed by atoms with Crippen LogP contribution in [0.5, 0.6) is 0 Å². The Bertz CT molecular complexity index is 574. The predicted octanol–water partition coefficient (Wildman–Crippen LogP) is 0.940. The van der Waals surface area contributed by atoms with Crippen LogP contribution in [0, 0.1) is 0 Å². The van der Waals surface area contributed by atoms with Gasteiger partial charge in [-0.05, 0) is 32.1 Å². The summed E-state index contributed by atoms with van der Waals surface area (Å²) in [5.41, 5.74) is 11.2. The second-order valence-electron chi connectivity index (χ2n) is 5.65. The third-order valence-electron chi connectivity index (χ3n) is 3.79. The average molecular weight is 310 g/mol. The van der Waals surface area contributed by atoms with E-state index in [0.717, 1.165) is 31.4 Å². The van der Waals surface area contributed by atoms with Crippen LogP contribution in [0.2, 0.25) is 0 Å². The summed E-state index contributed by atoms with van der Waals surface area (Å²) >= 11 is 1.48. The van der Waals surface area contributed by atoms with Gasteiger partial charge in [0.25, 0.3) is 5.56 Å². The van der Waals surface area contributed by atoms with E-state index in [0.29, 0.717) is 18.0 Å². The van der Waals surface area contributed by atoms with Crippen molar-refractivity contribution < 1.29 is 4.79 Å². The molecule has 1 heterocycles. The number of nitrogens with zero attached hydrogens (tertiary/aromatic N) is 1. The molecule has 2 atom stereocenters. The average Bonchev–Trinajstić information content (AvgIpc) is 2.38. The molecule has 1 aromatic heterocycles. The van der Waals surface area contributed by atoms with Gasteiger partial charge in [0, 0.05) is 17.0 Å². The maximum absolute atomic E-state index is 11.7. The molecule has 7 heteroatoms. The van der Waals surface area contributed by atoms with Crippen LogP contribution >= 0.6 is 11.8 Å². The molecule has 1 saturated carbocycles. The molecule has 0 aromatic carbocycles. The molecule has 21 heavy (non-hydrogen) atoms. The fourth-order valence-corrected chi connectivity index (χ4v) is 3.97. The first kappa shape index (κ1) is 16.0. The minimum atomic E-state index is -0.933. The number of H-pyrrole nitrogens is 1. The molecule has 1 aliphatic rings. The third-order valence-corrected chi connectivity index (χ3v) is 4.94. The molecule has 0 radical (unpaired) electrons. The summed E-state index contributed by atoms with van der Waals surface area (Å²) in [4.78, 5) is 30.3. The van der Waals surface area contributed by atoms with E-state index in [9.17, 15) is 9.59 Å². The molecule has 5 N–H and O–H groups in total. The van der Waals surface area contributed by atoms with Gasteiger partial charge in [0.1, 0.15) is 0 Å². The highest BCUT2D eigenvalue weighted by molar-refractivity contribution is 7.99. The first-order valence-electron chi connectivity index (χ1n) is 7.28. The monoisotopic (exact) mass is 310 g/mol. The number of aromatic amines is 1. The zero-order chi connectivity index (χ0) is 15.5. The molecule has 116 valence electrons. The van der Waals surface area contributed by atoms with Gasteiger partial charge in [0.05, 0.1) is 5.54 Å². The lowest BCUT2D eigenvalue weighted by Gasteiger charge is -2.34. The summed E-state index contributed by atoms with van der Waals surface area (Å²) in [6.07, 6.45) is 4.67. The van der Waals surface area contributed by atoms with Gasteiger partial charge < -0.3 is 16.5 Å². The fraction of sp³-hybridized carbons (Fsp3) is 0.643. The van der Waals surface area contributed by atoms with Crippen LogP contribution in [0.3, 0.4) is 0 Å². The standard InChI is InChI=1S/C14H22N4O2S/c1-2-4-9-7-11(19)18-13(17-9)21-10-5-3-6-14(16,8-10)12(15)20/h7,10H,2-6,8,16H2,1H3,(H2,15,20)(H,17,18,19). The largest absolute Gasteiger partial charge is 0.368 e. The maximum atomic E-state index is 11.7. The highest BCUT2D eigenvalue weighted by Gasteiger charge is 2.38.